The van der Waals surface area contributed by atoms with Crippen molar-refractivity contribution in [3.63, 3.8) is 0 Å². The number of fused-ring (bicyclic) bond motifs is 3. The van der Waals surface area contributed by atoms with Crippen LogP contribution in [0.5, 0.6) is 0 Å². The van der Waals surface area contributed by atoms with Crippen molar-refractivity contribution in [2.75, 3.05) is 25.0 Å². The maximum absolute atomic E-state index is 3.54. The van der Waals surface area contributed by atoms with Crippen molar-refractivity contribution >= 4 is 5.69 Å². The van der Waals surface area contributed by atoms with E-state index in [1.165, 1.54) is 44.5 Å². The Morgan fingerprint density at radius 2 is 2.17 bits per heavy atom. The van der Waals surface area contributed by atoms with E-state index in [1.54, 1.807) is 5.56 Å². The second-order valence-corrected chi connectivity index (χ2v) is 6.28. The van der Waals surface area contributed by atoms with E-state index >= 15 is 0 Å². The van der Waals surface area contributed by atoms with E-state index in [2.05, 4.69) is 34.5 Å². The van der Waals surface area contributed by atoms with Crippen LogP contribution in [0.4, 0.5) is 5.69 Å². The molecule has 96 valence electrons. The summed E-state index contributed by atoms with van der Waals surface area (Å²) in [6.45, 7) is 3.83. The maximum Gasteiger partial charge on any atom is 0.0376 e. The second-order valence-electron chi connectivity index (χ2n) is 6.28. The highest BCUT2D eigenvalue weighted by Gasteiger charge is 2.37. The van der Waals surface area contributed by atoms with Crippen LogP contribution in [0.3, 0.4) is 0 Å². The number of anilines is 1. The maximum atomic E-state index is 3.54. The van der Waals surface area contributed by atoms with Gasteiger partial charge in [-0.15, -0.1) is 0 Å². The molecule has 0 aromatic heterocycles. The predicted molar refractivity (Wildman–Crippen MR) is 75.0 cm³/mol. The highest BCUT2D eigenvalue weighted by molar-refractivity contribution is 5.57. The van der Waals surface area contributed by atoms with Crippen molar-refractivity contribution in [1.29, 1.82) is 0 Å². The largest absolute Gasteiger partial charge is 0.384 e. The van der Waals surface area contributed by atoms with E-state index in [9.17, 15) is 0 Å². The number of hydrogen-bond acceptors (Lipinski definition) is 2. The third-order valence-corrected chi connectivity index (χ3v) is 5.23. The van der Waals surface area contributed by atoms with Crippen LogP contribution in [-0.4, -0.2) is 30.6 Å². The summed E-state index contributed by atoms with van der Waals surface area (Å²) < 4.78 is 0. The van der Waals surface area contributed by atoms with Crippen molar-refractivity contribution < 1.29 is 0 Å². The fourth-order valence-corrected chi connectivity index (χ4v) is 4.24. The zero-order valence-electron chi connectivity index (χ0n) is 10.9. The van der Waals surface area contributed by atoms with Gasteiger partial charge in [0.05, 0.1) is 0 Å². The van der Waals surface area contributed by atoms with E-state index in [-0.39, 0.29) is 0 Å². The summed E-state index contributed by atoms with van der Waals surface area (Å²) in [4.78, 5) is 2.76. The summed E-state index contributed by atoms with van der Waals surface area (Å²) >= 11 is 0. The smallest absolute Gasteiger partial charge is 0.0376 e. The van der Waals surface area contributed by atoms with E-state index in [0.717, 1.165) is 24.4 Å². The van der Waals surface area contributed by atoms with Crippen LogP contribution in [0.2, 0.25) is 0 Å². The predicted octanol–water partition coefficient (Wildman–Crippen LogP) is 3.07. The zero-order chi connectivity index (χ0) is 11.9. The fraction of sp³-hybridized carbons (Fsp3) is 0.625. The lowest BCUT2D eigenvalue weighted by molar-refractivity contribution is 0.207. The van der Waals surface area contributed by atoms with Gasteiger partial charge in [-0.2, -0.15) is 0 Å². The summed E-state index contributed by atoms with van der Waals surface area (Å²) in [5, 5.41) is 3.54. The first-order valence-corrected chi connectivity index (χ1v) is 7.47. The topological polar surface area (TPSA) is 15.3 Å². The van der Waals surface area contributed by atoms with Gasteiger partial charge in [0.15, 0.2) is 0 Å². The van der Waals surface area contributed by atoms with E-state index in [0.29, 0.717) is 0 Å². The molecule has 1 N–H and O–H groups in total. The molecule has 2 heteroatoms. The van der Waals surface area contributed by atoms with E-state index < -0.39 is 0 Å². The molecule has 1 saturated carbocycles. The minimum Gasteiger partial charge on any atom is -0.384 e. The van der Waals surface area contributed by atoms with Gasteiger partial charge >= 0.3 is 0 Å². The molecule has 1 saturated heterocycles. The number of benzene rings is 1. The zero-order valence-corrected chi connectivity index (χ0v) is 10.9. The Morgan fingerprint density at radius 3 is 3.00 bits per heavy atom. The van der Waals surface area contributed by atoms with Gasteiger partial charge in [0.2, 0.25) is 0 Å². The molecule has 2 fully saturated rings. The molecule has 1 aromatic carbocycles. The highest BCUT2D eigenvalue weighted by atomic mass is 15.2. The molecule has 2 nitrogen and oxygen atoms in total. The minimum atomic E-state index is 0.736. The molecule has 4 rings (SSSR count). The van der Waals surface area contributed by atoms with Crippen molar-refractivity contribution in [3.8, 4) is 0 Å². The van der Waals surface area contributed by atoms with Gasteiger partial charge in [-0.25, -0.2) is 0 Å². The van der Waals surface area contributed by atoms with Crippen LogP contribution in [0, 0.1) is 5.92 Å². The Hall–Kier alpha value is -1.02. The Bertz CT molecular complexity index is 442. The molecule has 0 amide bonds. The van der Waals surface area contributed by atoms with Crippen LogP contribution in [0.1, 0.15) is 37.2 Å². The quantitative estimate of drug-likeness (QED) is 0.876. The SMILES string of the molecule is c1ccc2c(c1)NCC2CCN1CC2CCC1C2. The van der Waals surface area contributed by atoms with Gasteiger partial charge in [0.1, 0.15) is 0 Å². The number of hydrogen-bond donors (Lipinski definition) is 1. The van der Waals surface area contributed by atoms with Gasteiger partial charge < -0.3 is 10.2 Å². The van der Waals surface area contributed by atoms with Gasteiger partial charge in [0.25, 0.3) is 0 Å². The first-order chi connectivity index (χ1) is 8.90. The standard InChI is InChI=1S/C16H22N2/c1-2-4-16-15(3-1)13(10-17-16)7-8-18-11-12-5-6-14(18)9-12/h1-4,12-14,17H,5-11H2. The molecule has 1 aromatic rings. The Morgan fingerprint density at radius 1 is 1.22 bits per heavy atom. The molecular weight excluding hydrogens is 220 g/mol. The molecule has 3 unspecified atom stereocenters. The minimum absolute atomic E-state index is 0.736. The molecule has 18 heavy (non-hydrogen) atoms. The molecule has 2 bridgehead atoms. The summed E-state index contributed by atoms with van der Waals surface area (Å²) in [6, 6.07) is 9.76. The van der Waals surface area contributed by atoms with Gasteiger partial charge in [0, 0.05) is 30.7 Å². The van der Waals surface area contributed by atoms with Crippen LogP contribution in [0.15, 0.2) is 24.3 Å². The molecular formula is C16H22N2. The lowest BCUT2D eigenvalue weighted by Crippen LogP contribution is -2.33. The Kier molecular flexibility index (Phi) is 2.58. The lowest BCUT2D eigenvalue weighted by atomic mass is 9.97. The number of para-hydroxylation sites is 1. The first-order valence-electron chi connectivity index (χ1n) is 7.47. The first kappa shape index (κ1) is 10.9. The van der Waals surface area contributed by atoms with Gasteiger partial charge in [-0.3, -0.25) is 0 Å². The molecule has 3 atom stereocenters. The number of nitrogens with one attached hydrogen (secondary N) is 1. The van der Waals surface area contributed by atoms with Crippen molar-refractivity contribution in [1.82, 2.24) is 4.90 Å². The third-order valence-electron chi connectivity index (χ3n) is 5.23. The molecule has 3 aliphatic rings. The summed E-state index contributed by atoms with van der Waals surface area (Å²) in [5.41, 5.74) is 2.91. The molecule has 0 radical (unpaired) electrons. The average Bonchev–Trinajstić information content (AvgIpc) is 3.11. The van der Waals surface area contributed by atoms with Crippen LogP contribution < -0.4 is 5.32 Å². The van der Waals surface area contributed by atoms with Crippen LogP contribution in [-0.2, 0) is 0 Å². The third kappa shape index (κ3) is 1.74. The van der Waals surface area contributed by atoms with E-state index in [1.807, 2.05) is 0 Å². The molecule has 2 aliphatic heterocycles. The number of likely N-dealkylation sites (tertiary alicyclic amines) is 1. The average molecular weight is 242 g/mol. The molecule has 2 heterocycles. The van der Waals surface area contributed by atoms with Crippen LogP contribution in [0.25, 0.3) is 0 Å². The summed E-state index contributed by atoms with van der Waals surface area (Å²) in [5.74, 6) is 1.77. The Balaban J connectivity index is 1.39. The Labute approximate surface area is 109 Å². The van der Waals surface area contributed by atoms with Crippen molar-refractivity contribution in [2.24, 2.45) is 5.92 Å². The monoisotopic (exact) mass is 242 g/mol. The molecule has 0 spiro atoms. The summed E-state index contributed by atoms with van der Waals surface area (Å²) in [7, 11) is 0. The number of piperidine rings is 1. The number of rotatable bonds is 3. The van der Waals surface area contributed by atoms with Crippen molar-refractivity contribution in [3.05, 3.63) is 29.8 Å². The van der Waals surface area contributed by atoms with Gasteiger partial charge in [-0.1, -0.05) is 18.2 Å². The second kappa shape index (κ2) is 4.27. The highest BCUT2D eigenvalue weighted by Crippen LogP contribution is 2.39. The summed E-state index contributed by atoms with van der Waals surface area (Å²) in [6.07, 6.45) is 5.77. The van der Waals surface area contributed by atoms with Crippen LogP contribution >= 0.6 is 0 Å². The van der Waals surface area contributed by atoms with Gasteiger partial charge in [-0.05, 0) is 49.8 Å². The normalized spacial score (nSPS) is 33.7. The number of nitrogens with zero attached hydrogens (tertiary/aromatic N) is 1. The fourth-order valence-electron chi connectivity index (χ4n) is 4.24. The van der Waals surface area contributed by atoms with Crippen molar-refractivity contribution in [2.45, 2.75) is 37.6 Å². The lowest BCUT2D eigenvalue weighted by Gasteiger charge is -2.27. The van der Waals surface area contributed by atoms with E-state index in [4.69, 9.17) is 0 Å². The molecule has 1 aliphatic carbocycles.